The van der Waals surface area contributed by atoms with Crippen molar-refractivity contribution < 1.29 is 0 Å². The van der Waals surface area contributed by atoms with E-state index in [0.29, 0.717) is 6.04 Å². The number of hydrogen-bond donors (Lipinski definition) is 1. The van der Waals surface area contributed by atoms with E-state index < -0.39 is 0 Å². The topological polar surface area (TPSA) is 32.5 Å². The van der Waals surface area contributed by atoms with Crippen LogP contribution >= 0.6 is 0 Å². The van der Waals surface area contributed by atoms with Crippen LogP contribution in [-0.4, -0.2) is 48.6 Å². The van der Waals surface area contributed by atoms with Crippen molar-refractivity contribution >= 4 is 10.8 Å². The minimum absolute atomic E-state index is 0.101. The van der Waals surface area contributed by atoms with E-state index in [4.69, 9.17) is 5.73 Å². The molecule has 5 rings (SSSR count). The van der Waals surface area contributed by atoms with Crippen molar-refractivity contribution in [1.82, 2.24) is 9.80 Å². The average Bonchev–Trinajstić information content (AvgIpc) is 2.54. The highest BCUT2D eigenvalue weighted by molar-refractivity contribution is 5.86. The van der Waals surface area contributed by atoms with Crippen LogP contribution in [0.4, 0.5) is 0 Å². The lowest BCUT2D eigenvalue weighted by Gasteiger charge is -2.49. The summed E-state index contributed by atoms with van der Waals surface area (Å²) in [7, 11) is 0. The lowest BCUT2D eigenvalue weighted by molar-refractivity contribution is 0.00233. The summed E-state index contributed by atoms with van der Waals surface area (Å²) in [5.41, 5.74) is 7.95. The summed E-state index contributed by atoms with van der Waals surface area (Å²) < 4.78 is 0. The third-order valence-electron chi connectivity index (χ3n) is 4.92. The molecule has 3 heterocycles. The Labute approximate surface area is 120 Å². The molecule has 2 N–H and O–H groups in total. The van der Waals surface area contributed by atoms with Crippen molar-refractivity contribution in [2.75, 3.05) is 32.7 Å². The highest BCUT2D eigenvalue weighted by atomic mass is 15.3. The maximum Gasteiger partial charge on any atom is 0.0471 e. The molecule has 0 radical (unpaired) electrons. The Morgan fingerprint density at radius 1 is 0.950 bits per heavy atom. The van der Waals surface area contributed by atoms with Crippen LogP contribution in [0, 0.1) is 0 Å². The first-order chi connectivity index (χ1) is 9.83. The van der Waals surface area contributed by atoms with Crippen molar-refractivity contribution in [3.05, 3.63) is 48.0 Å². The molecule has 3 nitrogen and oxygen atoms in total. The lowest BCUT2D eigenvalue weighted by Crippen LogP contribution is -2.63. The fourth-order valence-electron chi connectivity index (χ4n) is 3.75. The fraction of sp³-hybridized carbons (Fsp3) is 0.412. The number of benzene rings is 2. The third kappa shape index (κ3) is 1.94. The van der Waals surface area contributed by atoms with Crippen LogP contribution in [0.25, 0.3) is 10.8 Å². The zero-order chi connectivity index (χ0) is 13.5. The third-order valence-corrected chi connectivity index (χ3v) is 4.92. The largest absolute Gasteiger partial charge is 0.323 e. The van der Waals surface area contributed by atoms with Crippen LogP contribution in [0.5, 0.6) is 0 Å². The van der Waals surface area contributed by atoms with E-state index in [0.717, 1.165) is 6.54 Å². The molecule has 3 fully saturated rings. The molecule has 2 atom stereocenters. The minimum Gasteiger partial charge on any atom is -0.323 e. The van der Waals surface area contributed by atoms with Gasteiger partial charge in [0.1, 0.15) is 0 Å². The van der Waals surface area contributed by atoms with Gasteiger partial charge in [-0.3, -0.25) is 9.80 Å². The maximum atomic E-state index is 6.65. The van der Waals surface area contributed by atoms with Crippen molar-refractivity contribution in [2.45, 2.75) is 12.1 Å². The second-order valence-electron chi connectivity index (χ2n) is 6.00. The molecular formula is C17H21N3. The summed E-state index contributed by atoms with van der Waals surface area (Å²) in [6, 6.07) is 15.6. The summed E-state index contributed by atoms with van der Waals surface area (Å²) >= 11 is 0. The number of rotatable bonds is 2. The van der Waals surface area contributed by atoms with Crippen LogP contribution in [0.2, 0.25) is 0 Å². The normalized spacial score (nSPS) is 30.6. The molecule has 0 saturated carbocycles. The molecule has 3 saturated heterocycles. The van der Waals surface area contributed by atoms with Gasteiger partial charge in [0.15, 0.2) is 0 Å². The van der Waals surface area contributed by atoms with Crippen molar-refractivity contribution in [3.63, 3.8) is 0 Å². The van der Waals surface area contributed by atoms with Gasteiger partial charge < -0.3 is 5.73 Å². The maximum absolute atomic E-state index is 6.65. The standard InChI is InChI=1S/C17H21N3/c18-17(16-12-19-8-10-20(16)11-9-19)15-7-3-5-13-4-1-2-6-14(13)15/h1-7,16-17H,8-12,18H2. The second-order valence-corrected chi connectivity index (χ2v) is 6.00. The number of hydrogen-bond acceptors (Lipinski definition) is 3. The van der Waals surface area contributed by atoms with Crippen LogP contribution in [0.15, 0.2) is 42.5 Å². The molecule has 3 aliphatic heterocycles. The molecule has 2 bridgehead atoms. The Bertz CT molecular complexity index is 611. The first-order valence-electron chi connectivity index (χ1n) is 7.52. The summed E-state index contributed by atoms with van der Waals surface area (Å²) in [5, 5.41) is 2.59. The smallest absolute Gasteiger partial charge is 0.0471 e. The summed E-state index contributed by atoms with van der Waals surface area (Å²) in [4.78, 5) is 5.13. The molecule has 2 aromatic rings. The molecule has 0 amide bonds. The van der Waals surface area contributed by atoms with Gasteiger partial charge in [-0.25, -0.2) is 0 Å². The van der Waals surface area contributed by atoms with Gasteiger partial charge in [-0.15, -0.1) is 0 Å². The number of piperazine rings is 3. The zero-order valence-electron chi connectivity index (χ0n) is 11.7. The van der Waals surface area contributed by atoms with Crippen LogP contribution in [0.3, 0.4) is 0 Å². The van der Waals surface area contributed by atoms with Crippen molar-refractivity contribution in [2.24, 2.45) is 5.73 Å². The quantitative estimate of drug-likeness (QED) is 0.901. The lowest BCUT2D eigenvalue weighted by atomic mass is 9.91. The van der Waals surface area contributed by atoms with E-state index in [1.807, 2.05) is 0 Å². The Kier molecular flexibility index (Phi) is 2.99. The van der Waals surface area contributed by atoms with Gasteiger partial charge in [-0.2, -0.15) is 0 Å². The van der Waals surface area contributed by atoms with E-state index in [9.17, 15) is 0 Å². The summed E-state index contributed by atoms with van der Waals surface area (Å²) in [6.07, 6.45) is 0. The SMILES string of the molecule is NC(c1cccc2ccccc12)C1CN2CCN1CC2. The molecule has 0 spiro atoms. The highest BCUT2D eigenvalue weighted by Crippen LogP contribution is 2.30. The van der Waals surface area contributed by atoms with Crippen LogP contribution in [-0.2, 0) is 0 Å². The molecule has 0 aromatic heterocycles. The Hall–Kier alpha value is -1.42. The number of nitrogens with two attached hydrogens (primary N) is 1. The number of fused-ring (bicyclic) bond motifs is 4. The average molecular weight is 267 g/mol. The Morgan fingerprint density at radius 3 is 2.45 bits per heavy atom. The number of nitrogens with zero attached hydrogens (tertiary/aromatic N) is 2. The molecule has 2 unspecified atom stereocenters. The monoisotopic (exact) mass is 267 g/mol. The zero-order valence-corrected chi connectivity index (χ0v) is 11.7. The van der Waals surface area contributed by atoms with Crippen LogP contribution < -0.4 is 5.73 Å². The van der Waals surface area contributed by atoms with Gasteiger partial charge in [-0.05, 0) is 16.3 Å². The van der Waals surface area contributed by atoms with E-state index in [-0.39, 0.29) is 6.04 Å². The van der Waals surface area contributed by atoms with Gasteiger partial charge >= 0.3 is 0 Å². The molecule has 20 heavy (non-hydrogen) atoms. The molecule has 104 valence electrons. The van der Waals surface area contributed by atoms with Gasteiger partial charge in [0, 0.05) is 44.8 Å². The second kappa shape index (κ2) is 4.85. The van der Waals surface area contributed by atoms with Gasteiger partial charge in [0.05, 0.1) is 0 Å². The molecular weight excluding hydrogens is 246 g/mol. The Balaban J connectivity index is 1.72. The van der Waals surface area contributed by atoms with Gasteiger partial charge in [0.25, 0.3) is 0 Å². The summed E-state index contributed by atoms with van der Waals surface area (Å²) in [6.45, 7) is 5.87. The van der Waals surface area contributed by atoms with Crippen molar-refractivity contribution in [1.29, 1.82) is 0 Å². The van der Waals surface area contributed by atoms with E-state index >= 15 is 0 Å². The van der Waals surface area contributed by atoms with Gasteiger partial charge in [0.2, 0.25) is 0 Å². The summed E-state index contributed by atoms with van der Waals surface area (Å²) in [5.74, 6) is 0. The fourth-order valence-corrected chi connectivity index (χ4v) is 3.75. The predicted molar refractivity (Wildman–Crippen MR) is 82.7 cm³/mol. The highest BCUT2D eigenvalue weighted by Gasteiger charge is 2.36. The molecule has 3 aliphatic rings. The van der Waals surface area contributed by atoms with E-state index in [2.05, 4.69) is 52.3 Å². The first-order valence-corrected chi connectivity index (χ1v) is 7.52. The van der Waals surface area contributed by atoms with E-state index in [1.54, 1.807) is 0 Å². The molecule has 3 heteroatoms. The molecule has 0 aliphatic carbocycles. The first kappa shape index (κ1) is 12.3. The van der Waals surface area contributed by atoms with E-state index in [1.165, 1.54) is 42.5 Å². The van der Waals surface area contributed by atoms with Gasteiger partial charge in [-0.1, -0.05) is 42.5 Å². The van der Waals surface area contributed by atoms with Crippen molar-refractivity contribution in [3.8, 4) is 0 Å². The minimum atomic E-state index is 0.101. The Morgan fingerprint density at radius 2 is 1.70 bits per heavy atom. The predicted octanol–water partition coefficient (Wildman–Crippen LogP) is 1.84. The molecule has 2 aromatic carbocycles. The van der Waals surface area contributed by atoms with Crippen LogP contribution in [0.1, 0.15) is 11.6 Å².